The van der Waals surface area contributed by atoms with Crippen LogP contribution in [0.5, 0.6) is 0 Å². The van der Waals surface area contributed by atoms with Gasteiger partial charge < -0.3 is 10.2 Å². The number of nitrogens with one attached hydrogen (secondary N) is 1. The Bertz CT molecular complexity index is 571. The molecule has 2 amide bonds. The highest BCUT2D eigenvalue weighted by Gasteiger charge is 2.15. The third kappa shape index (κ3) is 3.90. The van der Waals surface area contributed by atoms with Gasteiger partial charge in [-0.3, -0.25) is 0 Å². The van der Waals surface area contributed by atoms with Gasteiger partial charge in [-0.1, -0.05) is 0 Å². The van der Waals surface area contributed by atoms with Gasteiger partial charge in [0.2, 0.25) is 10.0 Å². The molecule has 1 aromatic rings. The van der Waals surface area contributed by atoms with Crippen molar-refractivity contribution >= 4 is 21.7 Å². The van der Waals surface area contributed by atoms with Crippen LogP contribution in [0.15, 0.2) is 23.1 Å². The predicted octanol–water partition coefficient (Wildman–Crippen LogP) is 1.35. The number of amides is 2. The van der Waals surface area contributed by atoms with Crippen molar-refractivity contribution in [3.63, 3.8) is 0 Å². The molecule has 0 spiro atoms. The van der Waals surface area contributed by atoms with Crippen LogP contribution in [0.3, 0.4) is 0 Å². The molecule has 0 unspecified atom stereocenters. The summed E-state index contributed by atoms with van der Waals surface area (Å²) in [5, 5.41) is 7.25. The number of primary sulfonamides is 1. The maximum absolute atomic E-state index is 13.7. The van der Waals surface area contributed by atoms with Gasteiger partial charge in [0.15, 0.2) is 0 Å². The van der Waals surface area contributed by atoms with Crippen LogP contribution >= 0.6 is 0 Å². The van der Waals surface area contributed by atoms with Crippen molar-refractivity contribution < 1.29 is 17.6 Å². The van der Waals surface area contributed by atoms with Gasteiger partial charge in [-0.15, -0.1) is 0 Å². The van der Waals surface area contributed by atoms with E-state index in [-0.39, 0.29) is 10.6 Å². The van der Waals surface area contributed by atoms with Crippen molar-refractivity contribution in [2.45, 2.75) is 18.7 Å². The van der Waals surface area contributed by atoms with E-state index in [9.17, 15) is 17.6 Å². The Kier molecular flexibility index (Phi) is 4.84. The first-order valence-electron chi connectivity index (χ1n) is 5.67. The zero-order valence-electron chi connectivity index (χ0n) is 10.7. The predicted molar refractivity (Wildman–Crippen MR) is 69.7 cm³/mol. The average Bonchev–Trinajstić information content (AvgIpc) is 2.32. The molecule has 0 atom stereocenters. The first-order valence-corrected chi connectivity index (χ1v) is 7.22. The Morgan fingerprint density at radius 2 is 1.95 bits per heavy atom. The fourth-order valence-corrected chi connectivity index (χ4v) is 2.00. The van der Waals surface area contributed by atoms with Crippen molar-refractivity contribution in [1.29, 1.82) is 0 Å². The number of carbonyl (C=O) groups excluding carboxylic acids is 1. The topological polar surface area (TPSA) is 92.5 Å². The fraction of sp³-hybridized carbons (Fsp3) is 0.364. The lowest BCUT2D eigenvalue weighted by Crippen LogP contribution is -2.34. The first-order chi connectivity index (χ1) is 8.79. The number of urea groups is 1. The largest absolute Gasteiger partial charge is 0.325 e. The summed E-state index contributed by atoms with van der Waals surface area (Å²) in [5.41, 5.74) is -0.0932. The molecule has 1 aromatic carbocycles. The van der Waals surface area contributed by atoms with Crippen LogP contribution in [0.25, 0.3) is 0 Å². The normalized spacial score (nSPS) is 11.2. The molecular formula is C11H16FN3O3S. The van der Waals surface area contributed by atoms with Gasteiger partial charge in [-0.25, -0.2) is 22.7 Å². The second-order valence-corrected chi connectivity index (χ2v) is 5.35. The van der Waals surface area contributed by atoms with E-state index in [2.05, 4.69) is 5.32 Å². The number of rotatable bonds is 4. The number of halogens is 1. The Labute approximate surface area is 111 Å². The molecule has 0 saturated carbocycles. The summed E-state index contributed by atoms with van der Waals surface area (Å²) in [6.07, 6.45) is 0. The molecule has 0 aromatic heterocycles. The number of hydrogen-bond acceptors (Lipinski definition) is 3. The summed E-state index contributed by atoms with van der Waals surface area (Å²) in [5.74, 6) is -0.855. The molecule has 3 N–H and O–H groups in total. The van der Waals surface area contributed by atoms with Gasteiger partial charge in [0, 0.05) is 13.1 Å². The summed E-state index contributed by atoms with van der Waals surface area (Å²) < 4.78 is 35.7. The van der Waals surface area contributed by atoms with Gasteiger partial charge in [-0.2, -0.15) is 0 Å². The van der Waals surface area contributed by atoms with Crippen LogP contribution < -0.4 is 10.5 Å². The van der Waals surface area contributed by atoms with Gasteiger partial charge in [0.05, 0.1) is 10.6 Å². The number of anilines is 1. The van der Waals surface area contributed by atoms with Crippen LogP contribution in [0.2, 0.25) is 0 Å². The smallest absolute Gasteiger partial charge is 0.321 e. The van der Waals surface area contributed by atoms with E-state index in [1.807, 2.05) is 0 Å². The minimum atomic E-state index is -3.96. The molecule has 0 heterocycles. The molecule has 8 heteroatoms. The number of benzene rings is 1. The molecule has 0 aliphatic rings. The number of nitrogens with two attached hydrogens (primary N) is 1. The van der Waals surface area contributed by atoms with Crippen LogP contribution in [0.4, 0.5) is 14.9 Å². The number of hydrogen-bond donors (Lipinski definition) is 2. The monoisotopic (exact) mass is 289 g/mol. The summed E-state index contributed by atoms with van der Waals surface area (Å²) in [7, 11) is -3.96. The molecule has 106 valence electrons. The maximum Gasteiger partial charge on any atom is 0.321 e. The highest BCUT2D eigenvalue weighted by Crippen LogP contribution is 2.18. The van der Waals surface area contributed by atoms with Gasteiger partial charge in [0.1, 0.15) is 5.82 Å². The quantitative estimate of drug-likeness (QED) is 0.876. The van der Waals surface area contributed by atoms with E-state index in [0.29, 0.717) is 13.1 Å². The number of nitrogens with zero attached hydrogens (tertiary/aromatic N) is 1. The molecule has 0 aliphatic carbocycles. The van der Waals surface area contributed by atoms with Crippen LogP contribution in [-0.2, 0) is 10.0 Å². The van der Waals surface area contributed by atoms with Gasteiger partial charge in [0.25, 0.3) is 0 Å². The Morgan fingerprint density at radius 1 is 1.37 bits per heavy atom. The molecule has 0 fully saturated rings. The van der Waals surface area contributed by atoms with E-state index in [4.69, 9.17) is 5.14 Å². The van der Waals surface area contributed by atoms with Crippen LogP contribution in [0, 0.1) is 5.82 Å². The average molecular weight is 289 g/mol. The standard InChI is InChI=1S/C11H16FN3O3S/c1-3-15(4-2)11(16)14-10-6-5-8(7-9(10)12)19(13,17)18/h5-7H,3-4H2,1-2H3,(H,14,16)(H2,13,17,18). The first kappa shape index (κ1) is 15.4. The fourth-order valence-electron chi connectivity index (χ4n) is 1.48. The van der Waals surface area contributed by atoms with Crippen molar-refractivity contribution in [2.75, 3.05) is 18.4 Å². The van der Waals surface area contributed by atoms with Gasteiger partial charge >= 0.3 is 6.03 Å². The lowest BCUT2D eigenvalue weighted by Gasteiger charge is -2.19. The van der Waals surface area contributed by atoms with Crippen molar-refractivity contribution in [2.24, 2.45) is 5.14 Å². The third-order valence-corrected chi connectivity index (χ3v) is 3.47. The molecule has 19 heavy (non-hydrogen) atoms. The summed E-state index contributed by atoms with van der Waals surface area (Å²) in [6.45, 7) is 4.56. The van der Waals surface area contributed by atoms with E-state index in [0.717, 1.165) is 18.2 Å². The van der Waals surface area contributed by atoms with E-state index >= 15 is 0 Å². The third-order valence-electron chi connectivity index (χ3n) is 2.56. The molecule has 0 saturated heterocycles. The van der Waals surface area contributed by atoms with E-state index in [1.165, 1.54) is 4.90 Å². The highest BCUT2D eigenvalue weighted by molar-refractivity contribution is 7.89. The van der Waals surface area contributed by atoms with E-state index in [1.54, 1.807) is 13.8 Å². The van der Waals surface area contributed by atoms with Crippen LogP contribution in [0.1, 0.15) is 13.8 Å². The molecule has 6 nitrogen and oxygen atoms in total. The maximum atomic E-state index is 13.7. The van der Waals surface area contributed by atoms with Crippen LogP contribution in [-0.4, -0.2) is 32.4 Å². The lowest BCUT2D eigenvalue weighted by atomic mass is 10.3. The van der Waals surface area contributed by atoms with Crippen molar-refractivity contribution in [3.05, 3.63) is 24.0 Å². The Balaban J connectivity index is 2.96. The minimum absolute atomic E-state index is 0.0932. The molecule has 0 radical (unpaired) electrons. The Hall–Kier alpha value is -1.67. The van der Waals surface area contributed by atoms with Crippen molar-refractivity contribution in [3.8, 4) is 0 Å². The highest BCUT2D eigenvalue weighted by atomic mass is 32.2. The summed E-state index contributed by atoms with van der Waals surface area (Å²) in [6, 6.07) is 2.62. The molecular weight excluding hydrogens is 273 g/mol. The summed E-state index contributed by atoms with van der Waals surface area (Å²) >= 11 is 0. The van der Waals surface area contributed by atoms with Gasteiger partial charge in [-0.05, 0) is 32.0 Å². The second kappa shape index (κ2) is 5.98. The second-order valence-electron chi connectivity index (χ2n) is 3.79. The Morgan fingerprint density at radius 3 is 2.37 bits per heavy atom. The molecule has 0 aliphatic heterocycles. The zero-order valence-corrected chi connectivity index (χ0v) is 11.5. The number of sulfonamides is 1. The minimum Gasteiger partial charge on any atom is -0.325 e. The lowest BCUT2D eigenvalue weighted by molar-refractivity contribution is 0.217. The van der Waals surface area contributed by atoms with Crippen molar-refractivity contribution in [1.82, 2.24) is 4.90 Å². The number of carbonyl (C=O) groups is 1. The molecule has 1 rings (SSSR count). The zero-order chi connectivity index (χ0) is 14.6. The summed E-state index contributed by atoms with van der Waals surface area (Å²) in [4.78, 5) is 12.8. The SMILES string of the molecule is CCN(CC)C(=O)Nc1ccc(S(N)(=O)=O)cc1F. The van der Waals surface area contributed by atoms with E-state index < -0.39 is 21.9 Å². The molecule has 0 bridgehead atoms.